The van der Waals surface area contributed by atoms with Gasteiger partial charge >= 0.3 is 0 Å². The summed E-state index contributed by atoms with van der Waals surface area (Å²) < 4.78 is 5.40. The molecule has 0 amide bonds. The van der Waals surface area contributed by atoms with Crippen molar-refractivity contribution in [2.24, 2.45) is 0 Å². The van der Waals surface area contributed by atoms with Gasteiger partial charge in [0.25, 0.3) is 0 Å². The van der Waals surface area contributed by atoms with Gasteiger partial charge in [-0.15, -0.1) is 11.3 Å². The smallest absolute Gasteiger partial charge is 0.143 e. The molecule has 3 heterocycles. The Morgan fingerprint density at radius 1 is 1.43 bits per heavy atom. The second kappa shape index (κ2) is 7.89. The Morgan fingerprint density at radius 2 is 2.39 bits per heavy atom. The first-order chi connectivity index (χ1) is 11.3. The predicted molar refractivity (Wildman–Crippen MR) is 88.4 cm³/mol. The van der Waals surface area contributed by atoms with Crippen molar-refractivity contribution < 1.29 is 9.84 Å². The first-order valence-corrected chi connectivity index (χ1v) is 8.55. The number of thiazole rings is 1. The summed E-state index contributed by atoms with van der Waals surface area (Å²) in [5.41, 5.74) is 0.974. The second-order valence-corrected chi connectivity index (χ2v) is 6.47. The van der Waals surface area contributed by atoms with Crippen LogP contribution >= 0.6 is 11.3 Å². The van der Waals surface area contributed by atoms with Crippen LogP contribution in [0.15, 0.2) is 24.0 Å². The second-order valence-electron chi connectivity index (χ2n) is 5.62. The monoisotopic (exact) mass is 335 g/mol. The Labute approximate surface area is 139 Å². The Morgan fingerprint density at radius 3 is 3.26 bits per heavy atom. The Kier molecular flexibility index (Phi) is 5.63. The summed E-state index contributed by atoms with van der Waals surface area (Å²) in [6, 6.07) is 0. The first kappa shape index (κ1) is 16.4. The standard InChI is InChI=1S/C15H21N5O2S/c21-15(10-18-5-6-22-11-15)9-17-2-1-12-8-23-14(20-12)13-7-16-3-4-19-13/h3-4,7-8,17-18,21H,1-2,5-6,9-11H2/t15-/m1/s1. The van der Waals surface area contributed by atoms with Gasteiger partial charge in [0.05, 0.1) is 25.1 Å². The molecular formula is C15H21N5O2S. The summed E-state index contributed by atoms with van der Waals surface area (Å²) >= 11 is 1.57. The molecule has 0 radical (unpaired) electrons. The topological polar surface area (TPSA) is 92.2 Å². The molecule has 1 atom stereocenters. The molecule has 3 N–H and O–H groups in total. The maximum atomic E-state index is 10.4. The van der Waals surface area contributed by atoms with Gasteiger partial charge < -0.3 is 20.5 Å². The van der Waals surface area contributed by atoms with Gasteiger partial charge in [0, 0.05) is 50.4 Å². The first-order valence-electron chi connectivity index (χ1n) is 7.68. The number of hydrogen-bond acceptors (Lipinski definition) is 8. The molecule has 0 spiro atoms. The Hall–Kier alpha value is -1.45. The Balaban J connectivity index is 1.45. The fourth-order valence-corrected chi connectivity index (χ4v) is 3.19. The van der Waals surface area contributed by atoms with Crippen LogP contribution in [0.3, 0.4) is 0 Å². The average Bonchev–Trinajstić information content (AvgIpc) is 2.94. The number of β-amino-alcohol motifs (C(OH)–C–C–N with tert-alkyl or cyclic N) is 1. The molecule has 8 heteroatoms. The molecular weight excluding hydrogens is 314 g/mol. The molecule has 23 heavy (non-hydrogen) atoms. The molecule has 0 unspecified atom stereocenters. The molecule has 7 nitrogen and oxygen atoms in total. The molecule has 1 aliphatic heterocycles. The molecule has 0 aromatic carbocycles. The van der Waals surface area contributed by atoms with E-state index in [1.165, 1.54) is 0 Å². The maximum absolute atomic E-state index is 10.4. The third kappa shape index (κ3) is 4.76. The van der Waals surface area contributed by atoms with Gasteiger partial charge in [-0.25, -0.2) is 4.98 Å². The van der Waals surface area contributed by atoms with E-state index in [9.17, 15) is 5.11 Å². The molecule has 0 saturated carbocycles. The summed E-state index contributed by atoms with van der Waals surface area (Å²) in [5, 5.41) is 19.8. The van der Waals surface area contributed by atoms with Crippen molar-refractivity contribution in [1.82, 2.24) is 25.6 Å². The number of rotatable bonds is 6. The summed E-state index contributed by atoms with van der Waals surface area (Å²) in [6.45, 7) is 3.60. The zero-order valence-corrected chi connectivity index (χ0v) is 13.7. The predicted octanol–water partition coefficient (Wildman–Crippen LogP) is 0.0831. The molecule has 124 valence electrons. The van der Waals surface area contributed by atoms with E-state index in [1.807, 2.05) is 5.38 Å². The van der Waals surface area contributed by atoms with Crippen molar-refractivity contribution in [3.05, 3.63) is 29.7 Å². The van der Waals surface area contributed by atoms with E-state index < -0.39 is 5.60 Å². The molecule has 2 aromatic rings. The SMILES string of the molecule is O[C@]1(CNCCc2csc(-c3cnccn3)n2)CNCCOC1. The number of ether oxygens (including phenoxy) is 1. The maximum Gasteiger partial charge on any atom is 0.143 e. The molecule has 1 fully saturated rings. The zero-order valence-electron chi connectivity index (χ0n) is 12.9. The highest BCUT2D eigenvalue weighted by molar-refractivity contribution is 7.13. The molecule has 0 aliphatic carbocycles. The molecule has 2 aromatic heterocycles. The van der Waals surface area contributed by atoms with Crippen molar-refractivity contribution in [3.8, 4) is 10.7 Å². The van der Waals surface area contributed by atoms with Gasteiger partial charge in [0.1, 0.15) is 16.3 Å². The lowest BCUT2D eigenvalue weighted by molar-refractivity contribution is -0.0260. The van der Waals surface area contributed by atoms with Crippen molar-refractivity contribution in [2.45, 2.75) is 12.0 Å². The quantitative estimate of drug-likeness (QED) is 0.644. The molecule has 0 bridgehead atoms. The minimum atomic E-state index is -0.844. The fourth-order valence-electron chi connectivity index (χ4n) is 2.38. The lowest BCUT2D eigenvalue weighted by atomic mass is 10.1. The highest BCUT2D eigenvalue weighted by Gasteiger charge is 2.28. The summed E-state index contributed by atoms with van der Waals surface area (Å²) in [6.07, 6.45) is 5.84. The molecule has 3 rings (SSSR count). The van der Waals surface area contributed by atoms with Gasteiger partial charge in [0.15, 0.2) is 0 Å². The summed E-state index contributed by atoms with van der Waals surface area (Å²) in [7, 11) is 0. The molecule has 1 aliphatic rings. The molecule has 1 saturated heterocycles. The Bertz CT molecular complexity index is 599. The third-order valence-electron chi connectivity index (χ3n) is 3.59. The highest BCUT2D eigenvalue weighted by atomic mass is 32.1. The number of aliphatic hydroxyl groups is 1. The van der Waals surface area contributed by atoms with E-state index in [0.29, 0.717) is 26.3 Å². The lowest BCUT2D eigenvalue weighted by Crippen LogP contribution is -2.50. The number of nitrogens with zero attached hydrogens (tertiary/aromatic N) is 3. The van der Waals surface area contributed by atoms with Gasteiger partial charge in [0.2, 0.25) is 0 Å². The number of aromatic nitrogens is 3. The minimum absolute atomic E-state index is 0.362. The van der Waals surface area contributed by atoms with Crippen LogP contribution in [-0.2, 0) is 11.2 Å². The van der Waals surface area contributed by atoms with Gasteiger partial charge in [-0.3, -0.25) is 9.97 Å². The lowest BCUT2D eigenvalue weighted by Gasteiger charge is -2.26. The van der Waals surface area contributed by atoms with E-state index in [-0.39, 0.29) is 0 Å². The van der Waals surface area contributed by atoms with Crippen LogP contribution in [0.4, 0.5) is 0 Å². The van der Waals surface area contributed by atoms with Crippen molar-refractivity contribution >= 4 is 11.3 Å². The third-order valence-corrected chi connectivity index (χ3v) is 4.51. The van der Waals surface area contributed by atoms with Crippen LogP contribution in [-0.4, -0.2) is 65.1 Å². The highest BCUT2D eigenvalue weighted by Crippen LogP contribution is 2.20. The van der Waals surface area contributed by atoms with Crippen LogP contribution in [0.1, 0.15) is 5.69 Å². The minimum Gasteiger partial charge on any atom is -0.385 e. The van der Waals surface area contributed by atoms with Crippen LogP contribution in [0, 0.1) is 0 Å². The normalized spacial score (nSPS) is 22.0. The number of hydrogen-bond donors (Lipinski definition) is 3. The van der Waals surface area contributed by atoms with Crippen LogP contribution in [0.2, 0.25) is 0 Å². The van der Waals surface area contributed by atoms with E-state index in [4.69, 9.17) is 4.74 Å². The van der Waals surface area contributed by atoms with Crippen LogP contribution < -0.4 is 10.6 Å². The van der Waals surface area contributed by atoms with E-state index in [2.05, 4.69) is 25.6 Å². The average molecular weight is 335 g/mol. The van der Waals surface area contributed by atoms with Crippen molar-refractivity contribution in [1.29, 1.82) is 0 Å². The van der Waals surface area contributed by atoms with E-state index in [1.54, 1.807) is 29.9 Å². The van der Waals surface area contributed by atoms with E-state index in [0.717, 1.165) is 35.9 Å². The number of nitrogens with one attached hydrogen (secondary N) is 2. The summed E-state index contributed by atoms with van der Waals surface area (Å²) in [5.74, 6) is 0. The largest absolute Gasteiger partial charge is 0.385 e. The van der Waals surface area contributed by atoms with Gasteiger partial charge in [-0.05, 0) is 0 Å². The zero-order chi connectivity index (χ0) is 16.0. The fraction of sp³-hybridized carbons (Fsp3) is 0.533. The van der Waals surface area contributed by atoms with Crippen molar-refractivity contribution in [2.75, 3.05) is 39.4 Å². The van der Waals surface area contributed by atoms with Crippen molar-refractivity contribution in [3.63, 3.8) is 0 Å². The van der Waals surface area contributed by atoms with Crippen LogP contribution in [0.25, 0.3) is 10.7 Å². The summed E-state index contributed by atoms with van der Waals surface area (Å²) in [4.78, 5) is 12.9. The van der Waals surface area contributed by atoms with Gasteiger partial charge in [-0.2, -0.15) is 0 Å². The van der Waals surface area contributed by atoms with E-state index >= 15 is 0 Å². The van der Waals surface area contributed by atoms with Crippen LogP contribution in [0.5, 0.6) is 0 Å². The van der Waals surface area contributed by atoms with Gasteiger partial charge in [-0.1, -0.05) is 0 Å².